The largest absolute Gasteiger partial charge is 0.472 e. The molecule has 0 radical (unpaired) electrons. The monoisotopic (exact) mass is 258 g/mol. The lowest BCUT2D eigenvalue weighted by Crippen LogP contribution is -2.24. The predicted octanol–water partition coefficient (Wildman–Crippen LogP) is 1.98. The van der Waals surface area contributed by atoms with Gasteiger partial charge < -0.3 is 14.2 Å². The van der Waals surface area contributed by atoms with Crippen LogP contribution in [0.3, 0.4) is 0 Å². The second kappa shape index (κ2) is 5.16. The van der Waals surface area contributed by atoms with E-state index in [4.69, 9.17) is 8.83 Å². The maximum absolute atomic E-state index is 11.7. The molecule has 0 aliphatic rings. The smallest absolute Gasteiger partial charge is 0.419 e. The molecule has 0 saturated heterocycles. The van der Waals surface area contributed by atoms with E-state index in [9.17, 15) is 4.79 Å². The molecule has 0 fully saturated rings. The molecule has 0 bridgehead atoms. The minimum atomic E-state index is -0.314. The third kappa shape index (κ3) is 2.46. The van der Waals surface area contributed by atoms with Crippen LogP contribution >= 0.6 is 0 Å². The van der Waals surface area contributed by atoms with Crippen LogP contribution in [0.1, 0.15) is 5.56 Å². The van der Waals surface area contributed by atoms with Crippen LogP contribution in [0.4, 0.5) is 0 Å². The molecule has 5 heteroatoms. The number of hydrogen-bond donors (Lipinski definition) is 1. The maximum atomic E-state index is 11.7. The van der Waals surface area contributed by atoms with Gasteiger partial charge in [-0.3, -0.25) is 4.57 Å². The Morgan fingerprint density at radius 3 is 2.95 bits per heavy atom. The number of rotatable bonds is 5. The molecule has 98 valence electrons. The Hall–Kier alpha value is -2.27. The summed E-state index contributed by atoms with van der Waals surface area (Å²) in [5, 5.41) is 3.26. The zero-order valence-electron chi connectivity index (χ0n) is 10.3. The van der Waals surface area contributed by atoms with Crippen molar-refractivity contribution >= 4 is 11.1 Å². The van der Waals surface area contributed by atoms with Crippen LogP contribution in [-0.4, -0.2) is 11.1 Å². The number of benzene rings is 1. The molecule has 19 heavy (non-hydrogen) atoms. The van der Waals surface area contributed by atoms with Crippen LogP contribution in [0.15, 0.2) is 56.5 Å². The van der Waals surface area contributed by atoms with Crippen molar-refractivity contribution in [3.63, 3.8) is 0 Å². The first-order valence-corrected chi connectivity index (χ1v) is 6.15. The number of hydrogen-bond acceptors (Lipinski definition) is 4. The second-order valence-electron chi connectivity index (χ2n) is 4.30. The lowest BCUT2D eigenvalue weighted by molar-refractivity contribution is 0.493. The average molecular weight is 258 g/mol. The minimum Gasteiger partial charge on any atom is -0.472 e. The van der Waals surface area contributed by atoms with Gasteiger partial charge in [-0.1, -0.05) is 12.1 Å². The van der Waals surface area contributed by atoms with Gasteiger partial charge in [0, 0.05) is 25.2 Å². The summed E-state index contributed by atoms with van der Waals surface area (Å²) in [5.74, 6) is -0.314. The number of nitrogens with one attached hydrogen (secondary N) is 1. The normalized spacial score (nSPS) is 11.2. The average Bonchev–Trinajstić information content (AvgIpc) is 3.02. The fourth-order valence-electron chi connectivity index (χ4n) is 2.04. The van der Waals surface area contributed by atoms with Gasteiger partial charge in [-0.05, 0) is 18.2 Å². The molecule has 0 saturated carbocycles. The SMILES string of the molecule is O=c1oc2ccccc2n1CCNCc1ccoc1. The first-order valence-electron chi connectivity index (χ1n) is 6.15. The van der Waals surface area contributed by atoms with Crippen LogP contribution in [-0.2, 0) is 13.1 Å². The summed E-state index contributed by atoms with van der Waals surface area (Å²) in [6.07, 6.45) is 3.34. The lowest BCUT2D eigenvalue weighted by atomic mass is 10.3. The third-order valence-corrected chi connectivity index (χ3v) is 3.00. The molecule has 2 heterocycles. The Balaban J connectivity index is 1.65. The molecule has 0 spiro atoms. The van der Waals surface area contributed by atoms with Crippen molar-refractivity contribution in [1.29, 1.82) is 0 Å². The highest BCUT2D eigenvalue weighted by molar-refractivity contribution is 5.72. The van der Waals surface area contributed by atoms with E-state index in [-0.39, 0.29) is 5.76 Å². The van der Waals surface area contributed by atoms with Gasteiger partial charge >= 0.3 is 5.76 Å². The van der Waals surface area contributed by atoms with Crippen molar-refractivity contribution in [1.82, 2.24) is 9.88 Å². The molecule has 0 unspecified atom stereocenters. The molecule has 0 atom stereocenters. The number of oxazole rings is 1. The van der Waals surface area contributed by atoms with Gasteiger partial charge in [0.05, 0.1) is 18.0 Å². The summed E-state index contributed by atoms with van der Waals surface area (Å²) in [7, 11) is 0. The summed E-state index contributed by atoms with van der Waals surface area (Å²) in [6.45, 7) is 1.99. The molecule has 5 nitrogen and oxygen atoms in total. The fourth-order valence-corrected chi connectivity index (χ4v) is 2.04. The molecule has 1 N–H and O–H groups in total. The number of nitrogens with zero attached hydrogens (tertiary/aromatic N) is 1. The van der Waals surface area contributed by atoms with Gasteiger partial charge in [0.1, 0.15) is 0 Å². The summed E-state index contributed by atoms with van der Waals surface area (Å²) in [4.78, 5) is 11.7. The molecule has 0 amide bonds. The summed E-state index contributed by atoms with van der Waals surface area (Å²) >= 11 is 0. The number of furan rings is 1. The molecule has 2 aromatic heterocycles. The Labute approximate surface area is 109 Å². The van der Waals surface area contributed by atoms with E-state index in [1.165, 1.54) is 0 Å². The highest BCUT2D eigenvalue weighted by Gasteiger charge is 2.07. The van der Waals surface area contributed by atoms with Gasteiger partial charge in [0.2, 0.25) is 0 Å². The van der Waals surface area contributed by atoms with Crippen molar-refractivity contribution in [3.8, 4) is 0 Å². The lowest BCUT2D eigenvalue weighted by Gasteiger charge is -2.03. The molecular weight excluding hydrogens is 244 g/mol. The van der Waals surface area contributed by atoms with Gasteiger partial charge in [0.25, 0.3) is 0 Å². The zero-order valence-corrected chi connectivity index (χ0v) is 10.3. The van der Waals surface area contributed by atoms with Crippen molar-refractivity contribution in [2.75, 3.05) is 6.54 Å². The molecule has 1 aromatic carbocycles. The van der Waals surface area contributed by atoms with Gasteiger partial charge in [-0.15, -0.1) is 0 Å². The van der Waals surface area contributed by atoms with E-state index < -0.39 is 0 Å². The first kappa shape index (κ1) is 11.8. The third-order valence-electron chi connectivity index (χ3n) is 3.00. The van der Waals surface area contributed by atoms with Crippen molar-refractivity contribution in [2.24, 2.45) is 0 Å². The van der Waals surface area contributed by atoms with E-state index in [0.717, 1.165) is 17.6 Å². The number of fused-ring (bicyclic) bond motifs is 1. The van der Waals surface area contributed by atoms with Crippen LogP contribution in [0.25, 0.3) is 11.1 Å². The Morgan fingerprint density at radius 2 is 2.11 bits per heavy atom. The fraction of sp³-hybridized carbons (Fsp3) is 0.214. The standard InChI is InChI=1S/C14H14N2O3/c17-14-16(12-3-1-2-4-13(12)19-14)7-6-15-9-11-5-8-18-10-11/h1-5,8,10,15H,6-7,9H2. The van der Waals surface area contributed by atoms with E-state index in [2.05, 4.69) is 5.32 Å². The molecule has 0 aliphatic carbocycles. The minimum absolute atomic E-state index is 0.314. The topological polar surface area (TPSA) is 60.3 Å². The maximum Gasteiger partial charge on any atom is 0.419 e. The van der Waals surface area contributed by atoms with Crippen LogP contribution < -0.4 is 11.1 Å². The van der Waals surface area contributed by atoms with E-state index in [1.807, 2.05) is 24.3 Å². The second-order valence-corrected chi connectivity index (χ2v) is 4.30. The Bertz CT molecular complexity index is 710. The first-order chi connectivity index (χ1) is 9.34. The van der Waals surface area contributed by atoms with E-state index in [0.29, 0.717) is 18.7 Å². The summed E-state index contributed by atoms with van der Waals surface area (Å²) in [5.41, 5.74) is 2.55. The highest BCUT2D eigenvalue weighted by atomic mass is 16.4. The van der Waals surface area contributed by atoms with Gasteiger partial charge in [-0.25, -0.2) is 4.79 Å². The summed E-state index contributed by atoms with van der Waals surface area (Å²) < 4.78 is 11.8. The van der Waals surface area contributed by atoms with Crippen molar-refractivity contribution < 1.29 is 8.83 Å². The molecule has 3 aromatic rings. The highest BCUT2D eigenvalue weighted by Crippen LogP contribution is 2.11. The molecular formula is C14H14N2O3. The number of para-hydroxylation sites is 2. The van der Waals surface area contributed by atoms with Crippen molar-refractivity contribution in [2.45, 2.75) is 13.1 Å². The molecule has 0 aliphatic heterocycles. The van der Waals surface area contributed by atoms with Crippen LogP contribution in [0.2, 0.25) is 0 Å². The predicted molar refractivity (Wildman–Crippen MR) is 70.9 cm³/mol. The summed E-state index contributed by atoms with van der Waals surface area (Å²) in [6, 6.07) is 9.34. The number of aromatic nitrogens is 1. The quantitative estimate of drug-likeness (QED) is 0.711. The van der Waals surface area contributed by atoms with Crippen LogP contribution in [0, 0.1) is 0 Å². The van der Waals surface area contributed by atoms with E-state index in [1.54, 1.807) is 23.2 Å². The van der Waals surface area contributed by atoms with E-state index >= 15 is 0 Å². The van der Waals surface area contributed by atoms with Crippen molar-refractivity contribution in [3.05, 3.63) is 59.0 Å². The van der Waals surface area contributed by atoms with Gasteiger partial charge in [-0.2, -0.15) is 0 Å². The zero-order chi connectivity index (χ0) is 13.1. The molecule has 3 rings (SSSR count). The van der Waals surface area contributed by atoms with Crippen LogP contribution in [0.5, 0.6) is 0 Å². The van der Waals surface area contributed by atoms with Gasteiger partial charge in [0.15, 0.2) is 5.58 Å². The Kier molecular flexibility index (Phi) is 3.20. The Morgan fingerprint density at radius 1 is 1.21 bits per heavy atom.